The summed E-state index contributed by atoms with van der Waals surface area (Å²) in [6.07, 6.45) is 2.75. The second-order valence-electron chi connectivity index (χ2n) is 4.36. The van der Waals surface area contributed by atoms with Crippen LogP contribution in [0.25, 0.3) is 0 Å². The molecular formula is C14H22O. The zero-order valence-electron chi connectivity index (χ0n) is 10.0. The average Bonchev–Trinajstić information content (AvgIpc) is 2.29. The lowest BCUT2D eigenvalue weighted by molar-refractivity contribution is 0.146. The molecule has 0 radical (unpaired) electrons. The van der Waals surface area contributed by atoms with Crippen molar-refractivity contribution in [2.75, 3.05) is 0 Å². The van der Waals surface area contributed by atoms with Gasteiger partial charge in [-0.1, -0.05) is 51.5 Å². The van der Waals surface area contributed by atoms with Crippen molar-refractivity contribution in [3.63, 3.8) is 0 Å². The van der Waals surface area contributed by atoms with Crippen LogP contribution in [0.2, 0.25) is 0 Å². The van der Waals surface area contributed by atoms with Gasteiger partial charge in [0.2, 0.25) is 0 Å². The Labute approximate surface area is 93.1 Å². The van der Waals surface area contributed by atoms with Crippen LogP contribution in [0.4, 0.5) is 0 Å². The molecule has 0 fully saturated rings. The molecule has 0 spiro atoms. The predicted molar refractivity (Wildman–Crippen MR) is 64.9 cm³/mol. The number of aryl methyl sites for hydroxylation is 1. The van der Waals surface area contributed by atoms with Crippen LogP contribution in [0, 0.1) is 5.92 Å². The Balaban J connectivity index is 2.61. The topological polar surface area (TPSA) is 20.2 Å². The Morgan fingerprint density at radius 1 is 1.13 bits per heavy atom. The Bertz CT molecular complexity index is 276. The lowest BCUT2D eigenvalue weighted by atomic mass is 9.96. The summed E-state index contributed by atoms with van der Waals surface area (Å²) in [5, 5.41) is 9.99. The summed E-state index contributed by atoms with van der Waals surface area (Å²) in [6, 6.07) is 8.31. The maximum atomic E-state index is 9.99. The van der Waals surface area contributed by atoms with Crippen molar-refractivity contribution in [1.82, 2.24) is 0 Å². The molecule has 0 saturated heterocycles. The minimum absolute atomic E-state index is 0.300. The first-order chi connectivity index (χ1) is 7.17. The Hall–Kier alpha value is -0.820. The van der Waals surface area contributed by atoms with E-state index in [4.69, 9.17) is 0 Å². The van der Waals surface area contributed by atoms with E-state index in [2.05, 4.69) is 32.9 Å². The summed E-state index contributed by atoms with van der Waals surface area (Å²) in [5.41, 5.74) is 2.38. The molecule has 1 aromatic carbocycles. The van der Waals surface area contributed by atoms with E-state index in [9.17, 15) is 5.11 Å². The molecule has 0 aromatic heterocycles. The van der Waals surface area contributed by atoms with Gasteiger partial charge in [-0.05, 0) is 29.9 Å². The fraction of sp³-hybridized carbons (Fsp3) is 0.571. The first-order valence-corrected chi connectivity index (χ1v) is 5.94. The molecule has 1 rings (SSSR count). The van der Waals surface area contributed by atoms with Gasteiger partial charge < -0.3 is 5.11 Å². The van der Waals surface area contributed by atoms with Crippen LogP contribution >= 0.6 is 0 Å². The second kappa shape index (κ2) is 5.92. The van der Waals surface area contributed by atoms with Gasteiger partial charge in [-0.25, -0.2) is 0 Å². The van der Waals surface area contributed by atoms with E-state index in [1.165, 1.54) is 5.56 Å². The molecule has 0 heterocycles. The number of rotatable bonds is 5. The van der Waals surface area contributed by atoms with E-state index < -0.39 is 0 Å². The average molecular weight is 206 g/mol. The van der Waals surface area contributed by atoms with E-state index in [-0.39, 0.29) is 6.10 Å². The van der Waals surface area contributed by atoms with Gasteiger partial charge in [-0.3, -0.25) is 0 Å². The highest BCUT2D eigenvalue weighted by Gasteiger charge is 2.10. The summed E-state index contributed by atoms with van der Waals surface area (Å²) < 4.78 is 0. The second-order valence-corrected chi connectivity index (χ2v) is 4.36. The van der Waals surface area contributed by atoms with Gasteiger partial charge in [0.15, 0.2) is 0 Å². The molecule has 84 valence electrons. The Morgan fingerprint density at radius 3 is 2.20 bits per heavy atom. The zero-order chi connectivity index (χ0) is 11.3. The molecule has 1 heteroatoms. The number of aliphatic hydroxyl groups excluding tert-OH is 1. The first-order valence-electron chi connectivity index (χ1n) is 5.94. The lowest BCUT2D eigenvalue weighted by Crippen LogP contribution is -2.03. The maximum Gasteiger partial charge on any atom is 0.0792 e. The van der Waals surface area contributed by atoms with E-state index in [1.54, 1.807) is 0 Å². The van der Waals surface area contributed by atoms with Crippen molar-refractivity contribution in [2.45, 2.75) is 46.1 Å². The third-order valence-corrected chi connectivity index (χ3v) is 3.10. The molecule has 0 saturated carbocycles. The highest BCUT2D eigenvalue weighted by Crippen LogP contribution is 2.22. The Kier molecular flexibility index (Phi) is 4.83. The number of hydrogen-bond donors (Lipinski definition) is 1. The monoisotopic (exact) mass is 206 g/mol. The normalized spacial score (nSPS) is 14.9. The molecular weight excluding hydrogens is 184 g/mol. The molecule has 0 aliphatic heterocycles. The zero-order valence-corrected chi connectivity index (χ0v) is 10.0. The van der Waals surface area contributed by atoms with Gasteiger partial charge in [0.05, 0.1) is 6.10 Å². The van der Waals surface area contributed by atoms with Crippen LogP contribution in [0.1, 0.15) is 50.8 Å². The quantitative estimate of drug-likeness (QED) is 0.778. The summed E-state index contributed by atoms with van der Waals surface area (Å²) >= 11 is 0. The summed E-state index contributed by atoms with van der Waals surface area (Å²) in [5.74, 6) is 0.589. The maximum absolute atomic E-state index is 9.99. The molecule has 2 unspecified atom stereocenters. The third-order valence-electron chi connectivity index (χ3n) is 3.10. The molecule has 1 aromatic rings. The van der Waals surface area contributed by atoms with Crippen LogP contribution in [-0.2, 0) is 6.42 Å². The lowest BCUT2D eigenvalue weighted by Gasteiger charge is -2.15. The molecule has 0 aliphatic rings. The first kappa shape index (κ1) is 12.3. The summed E-state index contributed by atoms with van der Waals surface area (Å²) in [4.78, 5) is 0. The molecule has 2 atom stereocenters. The SMILES string of the molecule is CCc1ccc(C(O)CC(C)CC)cc1. The van der Waals surface area contributed by atoms with Gasteiger partial charge in [-0.2, -0.15) is 0 Å². The van der Waals surface area contributed by atoms with E-state index in [0.29, 0.717) is 5.92 Å². The van der Waals surface area contributed by atoms with Crippen LogP contribution in [0.5, 0.6) is 0 Å². The van der Waals surface area contributed by atoms with Gasteiger partial charge in [0.1, 0.15) is 0 Å². The highest BCUT2D eigenvalue weighted by atomic mass is 16.3. The van der Waals surface area contributed by atoms with Crippen molar-refractivity contribution in [3.8, 4) is 0 Å². The Morgan fingerprint density at radius 2 is 1.73 bits per heavy atom. The van der Waals surface area contributed by atoms with E-state index in [1.807, 2.05) is 12.1 Å². The molecule has 15 heavy (non-hydrogen) atoms. The summed E-state index contributed by atoms with van der Waals surface area (Å²) in [6.45, 7) is 6.49. The van der Waals surface area contributed by atoms with Gasteiger partial charge in [0.25, 0.3) is 0 Å². The van der Waals surface area contributed by atoms with Crippen molar-refractivity contribution in [1.29, 1.82) is 0 Å². The predicted octanol–water partition coefficient (Wildman–Crippen LogP) is 3.72. The largest absolute Gasteiger partial charge is 0.388 e. The van der Waals surface area contributed by atoms with Crippen LogP contribution < -0.4 is 0 Å². The van der Waals surface area contributed by atoms with Crippen molar-refractivity contribution >= 4 is 0 Å². The fourth-order valence-electron chi connectivity index (χ4n) is 1.66. The molecule has 0 bridgehead atoms. The van der Waals surface area contributed by atoms with Crippen molar-refractivity contribution in [2.24, 2.45) is 5.92 Å². The van der Waals surface area contributed by atoms with Gasteiger partial charge in [0, 0.05) is 0 Å². The van der Waals surface area contributed by atoms with Gasteiger partial charge in [-0.15, -0.1) is 0 Å². The van der Waals surface area contributed by atoms with Crippen LogP contribution in [-0.4, -0.2) is 5.11 Å². The smallest absolute Gasteiger partial charge is 0.0792 e. The molecule has 0 amide bonds. The van der Waals surface area contributed by atoms with Crippen molar-refractivity contribution < 1.29 is 5.11 Å². The van der Waals surface area contributed by atoms with E-state index in [0.717, 1.165) is 24.8 Å². The number of benzene rings is 1. The highest BCUT2D eigenvalue weighted by molar-refractivity contribution is 5.24. The van der Waals surface area contributed by atoms with Crippen LogP contribution in [0.3, 0.4) is 0 Å². The summed E-state index contributed by atoms with van der Waals surface area (Å²) in [7, 11) is 0. The number of hydrogen-bond acceptors (Lipinski definition) is 1. The van der Waals surface area contributed by atoms with E-state index >= 15 is 0 Å². The molecule has 1 N–H and O–H groups in total. The molecule has 0 aliphatic carbocycles. The third kappa shape index (κ3) is 3.67. The van der Waals surface area contributed by atoms with Crippen LogP contribution in [0.15, 0.2) is 24.3 Å². The van der Waals surface area contributed by atoms with Gasteiger partial charge >= 0.3 is 0 Å². The standard InChI is InChI=1S/C14H22O/c1-4-11(3)10-14(15)13-8-6-12(5-2)7-9-13/h6-9,11,14-15H,4-5,10H2,1-3H3. The van der Waals surface area contributed by atoms with Crippen molar-refractivity contribution in [3.05, 3.63) is 35.4 Å². The number of aliphatic hydroxyl groups is 1. The minimum atomic E-state index is -0.300. The fourth-order valence-corrected chi connectivity index (χ4v) is 1.66. The minimum Gasteiger partial charge on any atom is -0.388 e. The molecule has 1 nitrogen and oxygen atoms in total.